The molecule has 1 saturated heterocycles. The molecule has 1 fully saturated rings. The van der Waals surface area contributed by atoms with E-state index < -0.39 is 24.3 Å². The van der Waals surface area contributed by atoms with E-state index >= 15 is 0 Å². The predicted octanol–water partition coefficient (Wildman–Crippen LogP) is 2.41. The summed E-state index contributed by atoms with van der Waals surface area (Å²) in [5.74, 6) is -1.27. The first kappa shape index (κ1) is 20.1. The number of amides is 1. The first-order valence-electron chi connectivity index (χ1n) is 9.02. The fraction of sp³-hybridized carbons (Fsp3) is 0.421. The van der Waals surface area contributed by atoms with Crippen molar-refractivity contribution < 1.29 is 24.0 Å². The van der Waals surface area contributed by atoms with E-state index in [9.17, 15) is 14.7 Å². The molecule has 0 bridgehead atoms. The Morgan fingerprint density at radius 1 is 1.25 bits per heavy atom. The predicted molar refractivity (Wildman–Crippen MR) is 106 cm³/mol. The third kappa shape index (κ3) is 3.81. The Balaban J connectivity index is 1.99. The van der Waals surface area contributed by atoms with E-state index in [1.54, 1.807) is 12.1 Å². The van der Waals surface area contributed by atoms with E-state index in [-0.39, 0.29) is 18.1 Å². The maximum atomic E-state index is 11.4. The van der Waals surface area contributed by atoms with Gasteiger partial charge in [0.15, 0.2) is 5.69 Å². The maximum Gasteiger partial charge on any atom is 0.492 e. The van der Waals surface area contributed by atoms with Crippen LogP contribution in [0.3, 0.4) is 0 Å². The molecular formula is C19H24BN3O5. The Labute approximate surface area is 163 Å². The van der Waals surface area contributed by atoms with Gasteiger partial charge in [0.1, 0.15) is 0 Å². The number of benzene rings is 1. The highest BCUT2D eigenvalue weighted by atomic mass is 16.7. The zero-order chi connectivity index (χ0) is 20.7. The smallest absolute Gasteiger partial charge is 0.476 e. The number of aromatic nitrogens is 2. The average Bonchev–Trinajstić information content (AvgIpc) is 3.09. The molecule has 2 aromatic rings. The summed E-state index contributed by atoms with van der Waals surface area (Å²) in [5, 5.41) is 19.1. The van der Waals surface area contributed by atoms with Gasteiger partial charge in [0, 0.05) is 18.9 Å². The van der Waals surface area contributed by atoms with Gasteiger partial charge >= 0.3 is 13.1 Å². The molecule has 2 heterocycles. The minimum Gasteiger partial charge on any atom is -0.476 e. The number of rotatable bonds is 5. The van der Waals surface area contributed by atoms with Crippen LogP contribution in [0.15, 0.2) is 23.7 Å². The fourth-order valence-corrected chi connectivity index (χ4v) is 2.92. The topological polar surface area (TPSA) is 114 Å². The van der Waals surface area contributed by atoms with Crippen molar-refractivity contribution in [2.24, 2.45) is 0 Å². The molecule has 28 heavy (non-hydrogen) atoms. The number of carboxylic acid groups (broad SMARTS) is 1. The number of carbonyl (C=O) groups excluding carboxylic acids is 1. The molecule has 3 rings (SSSR count). The summed E-state index contributed by atoms with van der Waals surface area (Å²) in [5.41, 5.74) is 1.05. The molecule has 1 amide bonds. The van der Waals surface area contributed by atoms with Gasteiger partial charge in [0.25, 0.3) is 0 Å². The number of H-pyrrole nitrogens is 1. The van der Waals surface area contributed by atoms with Crippen LogP contribution in [0.5, 0.6) is 0 Å². The van der Waals surface area contributed by atoms with Crippen molar-refractivity contribution in [1.29, 1.82) is 0 Å². The van der Waals surface area contributed by atoms with E-state index in [4.69, 9.17) is 9.31 Å². The molecule has 1 aliphatic heterocycles. The highest BCUT2D eigenvalue weighted by Gasteiger charge is 2.52. The number of aromatic carboxylic acids is 1. The summed E-state index contributed by atoms with van der Waals surface area (Å²) < 4.78 is 12.2. The van der Waals surface area contributed by atoms with E-state index in [0.717, 1.165) is 11.0 Å². The van der Waals surface area contributed by atoms with E-state index in [0.29, 0.717) is 10.9 Å². The molecule has 1 aromatic heterocycles. The highest BCUT2D eigenvalue weighted by Crippen LogP contribution is 2.38. The van der Waals surface area contributed by atoms with E-state index in [2.05, 4.69) is 15.5 Å². The van der Waals surface area contributed by atoms with Crippen molar-refractivity contribution in [3.8, 4) is 0 Å². The number of nitrogens with one attached hydrogen (secondary N) is 2. The molecule has 148 valence electrons. The van der Waals surface area contributed by atoms with Crippen LogP contribution in [-0.2, 0) is 14.1 Å². The zero-order valence-electron chi connectivity index (χ0n) is 16.6. The Morgan fingerprint density at radius 2 is 1.89 bits per heavy atom. The Kier molecular flexibility index (Phi) is 5.07. The van der Waals surface area contributed by atoms with E-state index in [1.165, 1.54) is 6.92 Å². The van der Waals surface area contributed by atoms with Gasteiger partial charge in [-0.3, -0.25) is 9.89 Å². The molecule has 9 heteroatoms. The molecular weight excluding hydrogens is 361 g/mol. The second-order valence-electron chi connectivity index (χ2n) is 7.90. The minimum absolute atomic E-state index is 0.0377. The lowest BCUT2D eigenvalue weighted by molar-refractivity contribution is -0.118. The number of carboxylic acids is 1. The number of nitrogens with zero attached hydrogens (tertiary/aromatic N) is 1. The third-order valence-corrected chi connectivity index (χ3v) is 5.24. The first-order valence-corrected chi connectivity index (χ1v) is 9.02. The summed E-state index contributed by atoms with van der Waals surface area (Å²) in [6.45, 7) is 9.53. The minimum atomic E-state index is -1.10. The van der Waals surface area contributed by atoms with Crippen molar-refractivity contribution >= 4 is 36.0 Å². The van der Waals surface area contributed by atoms with Gasteiger partial charge in [-0.2, -0.15) is 5.10 Å². The molecule has 3 N–H and O–H groups in total. The molecule has 0 aliphatic carbocycles. The average molecular weight is 385 g/mol. The molecule has 0 unspecified atom stereocenters. The second kappa shape index (κ2) is 7.07. The van der Waals surface area contributed by atoms with Crippen LogP contribution in [0.2, 0.25) is 0 Å². The van der Waals surface area contributed by atoms with Crippen molar-refractivity contribution in [3.63, 3.8) is 0 Å². The van der Waals surface area contributed by atoms with Crippen LogP contribution in [0, 0.1) is 0 Å². The second-order valence-corrected chi connectivity index (χ2v) is 7.90. The van der Waals surface area contributed by atoms with Crippen LogP contribution < -0.4 is 5.32 Å². The SMILES string of the molecule is CC(=O)NCC(=Cc1ccc2[nH]nc(C(=O)O)c2c1)B1OC(C)(C)C(C)(C)O1. The normalized spacial score (nSPS) is 18.5. The van der Waals surface area contributed by atoms with E-state index in [1.807, 2.05) is 39.8 Å². The molecule has 0 saturated carbocycles. The Bertz CT molecular complexity index is 948. The Hall–Kier alpha value is -2.65. The van der Waals surface area contributed by atoms with Crippen LogP contribution in [0.25, 0.3) is 17.0 Å². The lowest BCUT2D eigenvalue weighted by Gasteiger charge is -2.32. The maximum absolute atomic E-state index is 11.4. The van der Waals surface area contributed by atoms with Crippen LogP contribution >= 0.6 is 0 Å². The Morgan fingerprint density at radius 3 is 2.46 bits per heavy atom. The van der Waals surface area contributed by atoms with Crippen LogP contribution in [0.1, 0.15) is 50.7 Å². The molecule has 1 aromatic carbocycles. The quantitative estimate of drug-likeness (QED) is 0.682. The number of carbonyl (C=O) groups is 2. The van der Waals surface area contributed by atoms with Crippen molar-refractivity contribution in [1.82, 2.24) is 15.5 Å². The standard InChI is InChI=1S/C19H24BN3O5/c1-11(24)21-10-13(20-27-18(2,3)19(4,5)28-20)8-12-6-7-15-14(9-12)16(17(25)26)23-22-15/h6-9H,10H2,1-5H3,(H,21,24)(H,22,23)(H,25,26). The third-order valence-electron chi connectivity index (χ3n) is 5.24. The van der Waals surface area contributed by atoms with Gasteiger partial charge in [-0.05, 0) is 50.9 Å². The van der Waals surface area contributed by atoms with Gasteiger partial charge in [-0.25, -0.2) is 4.79 Å². The van der Waals surface area contributed by atoms with Crippen molar-refractivity contribution in [3.05, 3.63) is 34.9 Å². The number of aromatic amines is 1. The summed E-state index contributed by atoms with van der Waals surface area (Å²) in [4.78, 5) is 22.8. The lowest BCUT2D eigenvalue weighted by Crippen LogP contribution is -2.41. The number of hydrogen-bond acceptors (Lipinski definition) is 5. The van der Waals surface area contributed by atoms with Gasteiger partial charge in [-0.15, -0.1) is 0 Å². The van der Waals surface area contributed by atoms with Crippen LogP contribution in [0.4, 0.5) is 0 Å². The number of fused-ring (bicyclic) bond motifs is 1. The van der Waals surface area contributed by atoms with Crippen LogP contribution in [-0.4, -0.2) is 52.0 Å². The summed E-state index contributed by atoms with van der Waals surface area (Å²) in [6.07, 6.45) is 1.84. The van der Waals surface area contributed by atoms with Gasteiger partial charge < -0.3 is 19.7 Å². The van der Waals surface area contributed by atoms with Gasteiger partial charge in [0.05, 0.1) is 16.7 Å². The van der Waals surface area contributed by atoms with Gasteiger partial charge in [0.2, 0.25) is 5.91 Å². The highest BCUT2D eigenvalue weighted by molar-refractivity contribution is 6.56. The zero-order valence-corrected chi connectivity index (χ0v) is 16.6. The molecule has 0 atom stereocenters. The summed E-state index contributed by atoms with van der Waals surface area (Å²) in [7, 11) is -0.629. The largest absolute Gasteiger partial charge is 0.492 e. The molecule has 1 aliphatic rings. The monoisotopic (exact) mass is 385 g/mol. The first-order chi connectivity index (χ1) is 13.0. The fourth-order valence-electron chi connectivity index (χ4n) is 2.92. The summed E-state index contributed by atoms with van der Waals surface area (Å²) in [6, 6.07) is 5.34. The van der Waals surface area contributed by atoms with Gasteiger partial charge in [-0.1, -0.05) is 12.1 Å². The van der Waals surface area contributed by atoms with Crippen molar-refractivity contribution in [2.75, 3.05) is 6.54 Å². The molecule has 0 spiro atoms. The summed E-state index contributed by atoms with van der Waals surface area (Å²) >= 11 is 0. The molecule has 8 nitrogen and oxygen atoms in total. The lowest BCUT2D eigenvalue weighted by atomic mass is 9.77. The molecule has 0 radical (unpaired) electrons. The van der Waals surface area contributed by atoms with Crippen molar-refractivity contribution in [2.45, 2.75) is 45.8 Å². The number of hydrogen-bond donors (Lipinski definition) is 3.